The van der Waals surface area contributed by atoms with Gasteiger partial charge >= 0.3 is 0 Å². The van der Waals surface area contributed by atoms with Crippen molar-refractivity contribution in [3.8, 4) is 0 Å². The Morgan fingerprint density at radius 2 is 1.00 bits per heavy atom. The van der Waals surface area contributed by atoms with Gasteiger partial charge in [-0.05, 0) is 34.4 Å². The van der Waals surface area contributed by atoms with Crippen LogP contribution in [0.2, 0.25) is 0 Å². The molecule has 0 unspecified atom stereocenters. The molecule has 0 spiro atoms. The van der Waals surface area contributed by atoms with E-state index in [1.807, 2.05) is 71.2 Å². The van der Waals surface area contributed by atoms with E-state index in [4.69, 9.17) is 5.10 Å². The molecule has 2 heterocycles. The largest absolute Gasteiger partial charge is 0.289 e. The van der Waals surface area contributed by atoms with Crippen LogP contribution in [0.15, 0.2) is 94.5 Å². The first-order chi connectivity index (χ1) is 17.2. The lowest BCUT2D eigenvalue weighted by Crippen LogP contribution is -2.05. The number of fused-ring (bicyclic) bond motifs is 6. The third kappa shape index (κ3) is 1.84. The summed E-state index contributed by atoms with van der Waals surface area (Å²) in [7, 11) is 0. The van der Waals surface area contributed by atoms with E-state index >= 15 is 0 Å². The Morgan fingerprint density at radius 1 is 0.457 bits per heavy atom. The molecule has 0 saturated heterocycles. The second kappa shape index (κ2) is 5.62. The highest BCUT2D eigenvalue weighted by Gasteiger charge is 2.23. The molecule has 4 nitrogen and oxygen atoms in total. The first-order valence-corrected chi connectivity index (χ1v) is 11.7. The van der Waals surface area contributed by atoms with Crippen LogP contribution in [0.1, 0.15) is 0 Å². The van der Waals surface area contributed by atoms with Crippen LogP contribution in [-0.2, 0) is 0 Å². The Bertz CT molecular complexity index is 2470. The Balaban J connectivity index is 1.66. The zero-order valence-electron chi connectivity index (χ0n) is 18.3. The Morgan fingerprint density at radius 3 is 1.77 bits per heavy atom. The monoisotopic (exact) mass is 446 g/mol. The highest BCUT2D eigenvalue weighted by atomic mass is 16.1. The highest BCUT2D eigenvalue weighted by Crippen LogP contribution is 2.42. The van der Waals surface area contributed by atoms with E-state index in [1.165, 1.54) is 0 Å². The lowest BCUT2D eigenvalue weighted by molar-refractivity contribution is 1.04. The van der Waals surface area contributed by atoms with Crippen molar-refractivity contribution in [2.75, 3.05) is 0 Å². The van der Waals surface area contributed by atoms with Gasteiger partial charge in [-0.3, -0.25) is 9.59 Å². The molecule has 0 aliphatic heterocycles. The quantitative estimate of drug-likeness (QED) is 0.199. The molecule has 0 bridgehead atoms. The first kappa shape index (κ1) is 17.6. The molecule has 0 atom stereocenters. The molecule has 0 saturated carbocycles. The van der Waals surface area contributed by atoms with Crippen molar-refractivity contribution in [3.63, 3.8) is 0 Å². The number of aromatic nitrogens is 2. The normalized spacial score (nSPS) is 12.8. The molecule has 9 aromatic rings. The van der Waals surface area contributed by atoms with Gasteiger partial charge in [0.25, 0.3) is 0 Å². The lowest BCUT2D eigenvalue weighted by atomic mass is 9.90. The Hall–Kier alpha value is -4.83. The average Bonchev–Trinajstić information content (AvgIpc) is 3.31. The van der Waals surface area contributed by atoms with Crippen LogP contribution in [0.4, 0.5) is 0 Å². The summed E-state index contributed by atoms with van der Waals surface area (Å²) in [5.74, 6) is 0. The van der Waals surface area contributed by atoms with Gasteiger partial charge in [0, 0.05) is 48.5 Å². The number of benzene rings is 7. The molecular formula is C31H14N2O2. The van der Waals surface area contributed by atoms with Gasteiger partial charge < -0.3 is 0 Å². The van der Waals surface area contributed by atoms with E-state index in [-0.39, 0.29) is 10.9 Å². The number of hydrogen-bond donors (Lipinski definition) is 0. The molecule has 0 aliphatic rings. The molecule has 35 heavy (non-hydrogen) atoms. The van der Waals surface area contributed by atoms with Crippen molar-refractivity contribution in [3.05, 3.63) is 105 Å². The minimum absolute atomic E-state index is 0.0393. The molecule has 4 heteroatoms. The predicted octanol–water partition coefficient (Wildman–Crippen LogP) is 6.44. The Kier molecular flexibility index (Phi) is 2.83. The summed E-state index contributed by atoms with van der Waals surface area (Å²) < 4.78 is 1.99. The van der Waals surface area contributed by atoms with Crippen LogP contribution in [-0.4, -0.2) is 9.61 Å². The maximum Gasteiger partial charge on any atom is 0.194 e. The second-order valence-electron chi connectivity index (χ2n) is 9.44. The third-order valence-electron chi connectivity index (χ3n) is 7.86. The molecule has 0 amide bonds. The summed E-state index contributed by atoms with van der Waals surface area (Å²) in [6.45, 7) is 0. The van der Waals surface area contributed by atoms with Crippen LogP contribution in [0.25, 0.3) is 81.2 Å². The summed E-state index contributed by atoms with van der Waals surface area (Å²) in [5.41, 5.74) is 2.84. The van der Waals surface area contributed by atoms with Gasteiger partial charge in [-0.1, -0.05) is 66.7 Å². The zero-order valence-corrected chi connectivity index (χ0v) is 18.3. The molecule has 0 aliphatic carbocycles. The van der Waals surface area contributed by atoms with Gasteiger partial charge in [0.1, 0.15) is 5.52 Å². The standard InChI is InChI=1S/C31H14N2O2/c34-30-20-7-3-1-5-15(20)16-13-14-24-26-17(9-11-22(30)25(16)26)19-10-12-23-27-28(32-33(24)29(19)27)18-6-2-4-8-21(18)31(23)35/h1-14H. The van der Waals surface area contributed by atoms with Crippen LogP contribution in [0, 0.1) is 0 Å². The van der Waals surface area contributed by atoms with Gasteiger partial charge in [-0.25, -0.2) is 4.52 Å². The SMILES string of the molecule is O=c1c2ccccc2c2ccc3c4c(ccc1c24)c1ccc2c(=O)c4ccccc4c4nn3c1c24. The Labute approximate surface area is 196 Å². The van der Waals surface area contributed by atoms with Gasteiger partial charge in [0.05, 0.1) is 11.0 Å². The summed E-state index contributed by atoms with van der Waals surface area (Å²) in [5, 5.41) is 15.9. The van der Waals surface area contributed by atoms with Crippen molar-refractivity contribution >= 4 is 81.2 Å². The maximum absolute atomic E-state index is 13.5. The molecule has 2 aromatic heterocycles. The minimum Gasteiger partial charge on any atom is -0.289 e. The van der Waals surface area contributed by atoms with E-state index in [1.54, 1.807) is 0 Å². The fraction of sp³-hybridized carbons (Fsp3) is 0. The van der Waals surface area contributed by atoms with Gasteiger partial charge in [0.15, 0.2) is 10.9 Å². The second-order valence-corrected chi connectivity index (χ2v) is 9.44. The average molecular weight is 446 g/mol. The van der Waals surface area contributed by atoms with Crippen LogP contribution < -0.4 is 10.9 Å². The van der Waals surface area contributed by atoms with Crippen molar-refractivity contribution in [2.45, 2.75) is 0 Å². The minimum atomic E-state index is 0.0393. The molecule has 9 rings (SSSR count). The number of hydrogen-bond acceptors (Lipinski definition) is 3. The summed E-state index contributed by atoms with van der Waals surface area (Å²) in [4.78, 5) is 26.8. The van der Waals surface area contributed by atoms with E-state index < -0.39 is 0 Å². The van der Waals surface area contributed by atoms with Crippen molar-refractivity contribution in [1.29, 1.82) is 0 Å². The van der Waals surface area contributed by atoms with E-state index in [0.29, 0.717) is 10.8 Å². The molecule has 0 N–H and O–H groups in total. The van der Waals surface area contributed by atoms with Crippen molar-refractivity contribution in [1.82, 2.24) is 9.61 Å². The van der Waals surface area contributed by atoms with Gasteiger partial charge in [-0.15, -0.1) is 0 Å². The first-order valence-electron chi connectivity index (χ1n) is 11.7. The van der Waals surface area contributed by atoms with Gasteiger partial charge in [0.2, 0.25) is 0 Å². The summed E-state index contributed by atoms with van der Waals surface area (Å²) in [6.07, 6.45) is 0. The van der Waals surface area contributed by atoms with E-state index in [9.17, 15) is 9.59 Å². The van der Waals surface area contributed by atoms with Crippen LogP contribution in [0.3, 0.4) is 0 Å². The van der Waals surface area contributed by atoms with E-state index in [0.717, 1.165) is 70.4 Å². The third-order valence-corrected chi connectivity index (χ3v) is 7.86. The summed E-state index contributed by atoms with van der Waals surface area (Å²) >= 11 is 0. The lowest BCUT2D eigenvalue weighted by Gasteiger charge is -2.15. The highest BCUT2D eigenvalue weighted by molar-refractivity contribution is 6.34. The fourth-order valence-corrected chi connectivity index (χ4v) is 6.41. The number of rotatable bonds is 0. The molecule has 7 aromatic carbocycles. The van der Waals surface area contributed by atoms with Crippen molar-refractivity contribution in [2.24, 2.45) is 0 Å². The smallest absolute Gasteiger partial charge is 0.194 e. The van der Waals surface area contributed by atoms with Crippen molar-refractivity contribution < 1.29 is 0 Å². The molecule has 160 valence electrons. The molecule has 0 fully saturated rings. The van der Waals surface area contributed by atoms with E-state index in [2.05, 4.69) is 18.2 Å². The van der Waals surface area contributed by atoms with Crippen LogP contribution in [0.5, 0.6) is 0 Å². The fourth-order valence-electron chi connectivity index (χ4n) is 6.41. The molecular weight excluding hydrogens is 432 g/mol. The maximum atomic E-state index is 13.5. The topological polar surface area (TPSA) is 51.4 Å². The summed E-state index contributed by atoms with van der Waals surface area (Å²) in [6, 6.07) is 27.7. The number of pyridine rings is 1. The molecule has 0 radical (unpaired) electrons. The number of nitrogens with zero attached hydrogens (tertiary/aromatic N) is 2. The zero-order chi connectivity index (χ0) is 23.0. The van der Waals surface area contributed by atoms with Gasteiger partial charge in [-0.2, -0.15) is 5.10 Å². The predicted molar refractivity (Wildman–Crippen MR) is 144 cm³/mol. The van der Waals surface area contributed by atoms with Crippen LogP contribution >= 0.6 is 0 Å².